The van der Waals surface area contributed by atoms with Gasteiger partial charge in [0.1, 0.15) is 5.75 Å². The maximum atomic E-state index is 5.48. The highest BCUT2D eigenvalue weighted by atomic mass is 79.9. The van der Waals surface area contributed by atoms with Gasteiger partial charge in [-0.15, -0.1) is 0 Å². The molecular formula is C15H23BrN2O. The third kappa shape index (κ3) is 3.71. The number of benzene rings is 1. The Labute approximate surface area is 124 Å². The maximum absolute atomic E-state index is 5.48. The highest BCUT2D eigenvalue weighted by Crippen LogP contribution is 2.29. The van der Waals surface area contributed by atoms with E-state index < -0.39 is 0 Å². The van der Waals surface area contributed by atoms with Crippen molar-refractivity contribution in [1.82, 2.24) is 10.2 Å². The quantitative estimate of drug-likeness (QED) is 0.920. The number of ether oxygens (including phenoxy) is 1. The van der Waals surface area contributed by atoms with Gasteiger partial charge in [0.2, 0.25) is 0 Å². The van der Waals surface area contributed by atoms with Crippen molar-refractivity contribution in [2.75, 3.05) is 33.3 Å². The molecule has 1 aromatic carbocycles. The minimum atomic E-state index is 0.149. The molecule has 0 amide bonds. The molecule has 0 atom stereocenters. The molecule has 1 saturated heterocycles. The Bertz CT molecular complexity index is 428. The van der Waals surface area contributed by atoms with Gasteiger partial charge in [-0.05, 0) is 44.0 Å². The highest BCUT2D eigenvalue weighted by Gasteiger charge is 2.29. The van der Waals surface area contributed by atoms with E-state index in [1.54, 1.807) is 7.11 Å². The molecule has 1 aliphatic rings. The standard InChI is InChI=1S/C15H23BrN2O/c1-15(2,18-8-6-17-7-9-18)11-12-10-13(16)4-5-14(12)19-3/h4-5,10,17H,6-9,11H2,1-3H3. The molecule has 3 nitrogen and oxygen atoms in total. The molecule has 0 unspecified atom stereocenters. The van der Waals surface area contributed by atoms with Crippen LogP contribution in [0.4, 0.5) is 0 Å². The van der Waals surface area contributed by atoms with Crippen LogP contribution in [-0.2, 0) is 6.42 Å². The summed E-state index contributed by atoms with van der Waals surface area (Å²) in [6, 6.07) is 6.23. The van der Waals surface area contributed by atoms with E-state index in [9.17, 15) is 0 Å². The van der Waals surface area contributed by atoms with Gasteiger partial charge in [0.15, 0.2) is 0 Å². The molecule has 0 aromatic heterocycles. The minimum Gasteiger partial charge on any atom is -0.496 e. The van der Waals surface area contributed by atoms with E-state index in [1.165, 1.54) is 5.56 Å². The third-order valence-electron chi connectivity index (χ3n) is 3.84. The number of hydrogen-bond acceptors (Lipinski definition) is 3. The molecule has 1 aliphatic heterocycles. The molecular weight excluding hydrogens is 304 g/mol. The monoisotopic (exact) mass is 326 g/mol. The summed E-state index contributed by atoms with van der Waals surface area (Å²) in [6.07, 6.45) is 0.996. The number of piperazine rings is 1. The van der Waals surface area contributed by atoms with Crippen LogP contribution in [0.15, 0.2) is 22.7 Å². The van der Waals surface area contributed by atoms with Crippen LogP contribution in [0.1, 0.15) is 19.4 Å². The van der Waals surface area contributed by atoms with Crippen LogP contribution < -0.4 is 10.1 Å². The number of nitrogens with one attached hydrogen (secondary N) is 1. The Morgan fingerprint density at radius 1 is 1.32 bits per heavy atom. The van der Waals surface area contributed by atoms with Crippen LogP contribution in [0.3, 0.4) is 0 Å². The van der Waals surface area contributed by atoms with Crippen molar-refractivity contribution in [3.8, 4) is 5.75 Å². The van der Waals surface area contributed by atoms with Gasteiger partial charge in [-0.3, -0.25) is 4.90 Å². The second kappa shape index (κ2) is 6.25. The van der Waals surface area contributed by atoms with Gasteiger partial charge in [-0.2, -0.15) is 0 Å². The van der Waals surface area contributed by atoms with Crippen molar-refractivity contribution in [2.24, 2.45) is 0 Å². The predicted molar refractivity (Wildman–Crippen MR) is 82.9 cm³/mol. The molecule has 4 heteroatoms. The van der Waals surface area contributed by atoms with Crippen LogP contribution in [0.2, 0.25) is 0 Å². The molecule has 1 N–H and O–H groups in total. The van der Waals surface area contributed by atoms with Crippen LogP contribution in [0.25, 0.3) is 0 Å². The van der Waals surface area contributed by atoms with Crippen molar-refractivity contribution in [3.05, 3.63) is 28.2 Å². The van der Waals surface area contributed by atoms with Crippen molar-refractivity contribution in [2.45, 2.75) is 25.8 Å². The first-order valence-corrected chi connectivity index (χ1v) is 7.60. The van der Waals surface area contributed by atoms with E-state index in [4.69, 9.17) is 4.74 Å². The summed E-state index contributed by atoms with van der Waals surface area (Å²) in [5.74, 6) is 0.978. The van der Waals surface area contributed by atoms with Crippen LogP contribution in [0.5, 0.6) is 5.75 Å². The Balaban J connectivity index is 2.16. The Hall–Kier alpha value is -0.580. The SMILES string of the molecule is COc1ccc(Br)cc1CC(C)(C)N1CCNCC1. The smallest absolute Gasteiger partial charge is 0.122 e. The van der Waals surface area contributed by atoms with E-state index in [1.807, 2.05) is 12.1 Å². The van der Waals surface area contributed by atoms with Crippen LogP contribution in [-0.4, -0.2) is 43.7 Å². The van der Waals surface area contributed by atoms with Gasteiger partial charge in [-0.25, -0.2) is 0 Å². The molecule has 0 radical (unpaired) electrons. The summed E-state index contributed by atoms with van der Waals surface area (Å²) in [5, 5.41) is 3.41. The topological polar surface area (TPSA) is 24.5 Å². The fourth-order valence-corrected chi connectivity index (χ4v) is 3.14. The number of halogens is 1. The second-order valence-corrected chi connectivity index (χ2v) is 6.60. The van der Waals surface area contributed by atoms with Gasteiger partial charge in [0, 0.05) is 36.2 Å². The average Bonchev–Trinajstić information content (AvgIpc) is 2.39. The van der Waals surface area contributed by atoms with Gasteiger partial charge < -0.3 is 10.1 Å². The lowest BCUT2D eigenvalue weighted by molar-refractivity contribution is 0.103. The molecule has 1 fully saturated rings. The molecule has 0 saturated carbocycles. The zero-order chi connectivity index (χ0) is 13.9. The number of hydrogen-bond donors (Lipinski definition) is 1. The summed E-state index contributed by atoms with van der Waals surface area (Å²) in [6.45, 7) is 9.03. The first-order valence-electron chi connectivity index (χ1n) is 6.81. The zero-order valence-electron chi connectivity index (χ0n) is 12.0. The van der Waals surface area contributed by atoms with Crippen molar-refractivity contribution in [1.29, 1.82) is 0 Å². The third-order valence-corrected chi connectivity index (χ3v) is 4.33. The Morgan fingerprint density at radius 2 is 2.00 bits per heavy atom. The average molecular weight is 327 g/mol. The lowest BCUT2D eigenvalue weighted by Gasteiger charge is -2.41. The predicted octanol–water partition coefficient (Wildman–Crippen LogP) is 2.68. The van der Waals surface area contributed by atoms with E-state index >= 15 is 0 Å². The molecule has 1 aromatic rings. The second-order valence-electron chi connectivity index (χ2n) is 5.68. The fourth-order valence-electron chi connectivity index (χ4n) is 2.73. The molecule has 0 spiro atoms. The Morgan fingerprint density at radius 3 is 2.63 bits per heavy atom. The highest BCUT2D eigenvalue weighted by molar-refractivity contribution is 9.10. The first kappa shape index (κ1) is 14.8. The summed E-state index contributed by atoms with van der Waals surface area (Å²) >= 11 is 3.55. The first-order chi connectivity index (χ1) is 9.03. The maximum Gasteiger partial charge on any atom is 0.122 e. The van der Waals surface area contributed by atoms with E-state index in [-0.39, 0.29) is 5.54 Å². The van der Waals surface area contributed by atoms with E-state index in [2.05, 4.69) is 46.1 Å². The molecule has 1 heterocycles. The van der Waals surface area contributed by atoms with E-state index in [0.717, 1.165) is 42.8 Å². The van der Waals surface area contributed by atoms with Crippen molar-refractivity contribution in [3.63, 3.8) is 0 Å². The Kier molecular flexibility index (Phi) is 4.87. The van der Waals surface area contributed by atoms with Gasteiger partial charge in [-0.1, -0.05) is 15.9 Å². The molecule has 0 aliphatic carbocycles. The largest absolute Gasteiger partial charge is 0.496 e. The fraction of sp³-hybridized carbons (Fsp3) is 0.600. The van der Waals surface area contributed by atoms with Crippen LogP contribution >= 0.6 is 15.9 Å². The molecule has 2 rings (SSSR count). The number of nitrogens with zero attached hydrogens (tertiary/aromatic N) is 1. The van der Waals surface area contributed by atoms with Crippen molar-refractivity contribution >= 4 is 15.9 Å². The number of rotatable bonds is 4. The van der Waals surface area contributed by atoms with Crippen LogP contribution in [0, 0.1) is 0 Å². The summed E-state index contributed by atoms with van der Waals surface area (Å²) in [5.41, 5.74) is 1.41. The summed E-state index contributed by atoms with van der Waals surface area (Å²) in [7, 11) is 1.74. The lowest BCUT2D eigenvalue weighted by atomic mass is 9.92. The normalized spacial score (nSPS) is 17.5. The van der Waals surface area contributed by atoms with Gasteiger partial charge >= 0.3 is 0 Å². The lowest BCUT2D eigenvalue weighted by Crippen LogP contribution is -2.54. The van der Waals surface area contributed by atoms with Gasteiger partial charge in [0.25, 0.3) is 0 Å². The molecule has 106 valence electrons. The van der Waals surface area contributed by atoms with E-state index in [0.29, 0.717) is 0 Å². The minimum absolute atomic E-state index is 0.149. The molecule has 19 heavy (non-hydrogen) atoms. The number of methoxy groups -OCH3 is 1. The summed E-state index contributed by atoms with van der Waals surface area (Å²) in [4.78, 5) is 2.56. The molecule has 0 bridgehead atoms. The zero-order valence-corrected chi connectivity index (χ0v) is 13.6. The summed E-state index contributed by atoms with van der Waals surface area (Å²) < 4.78 is 6.59. The van der Waals surface area contributed by atoms with Gasteiger partial charge in [0.05, 0.1) is 7.11 Å². The van der Waals surface area contributed by atoms with Crippen molar-refractivity contribution < 1.29 is 4.74 Å².